The molecular weight excluding hydrogens is 292 g/mol. The molecule has 6 heteroatoms. The molecule has 108 valence electrons. The average molecular weight is 305 g/mol. The van der Waals surface area contributed by atoms with Gasteiger partial charge in [0.25, 0.3) is 0 Å². The Hall–Kier alpha value is -2.53. The molecule has 0 fully saturated rings. The van der Waals surface area contributed by atoms with E-state index in [1.807, 2.05) is 0 Å². The molecule has 2 aromatic carbocycles. The third-order valence-corrected chi connectivity index (χ3v) is 3.25. The van der Waals surface area contributed by atoms with Crippen LogP contribution in [0.25, 0.3) is 0 Å². The Labute approximate surface area is 126 Å². The van der Waals surface area contributed by atoms with E-state index >= 15 is 0 Å². The maximum absolute atomic E-state index is 11.0. The molecule has 2 rings (SSSR count). The van der Waals surface area contributed by atoms with Crippen molar-refractivity contribution in [2.75, 3.05) is 5.32 Å². The number of anilines is 1. The van der Waals surface area contributed by atoms with E-state index in [1.165, 1.54) is 18.2 Å². The summed E-state index contributed by atoms with van der Waals surface area (Å²) in [6, 6.07) is 11.3. The first-order chi connectivity index (χ1) is 9.97. The predicted molar refractivity (Wildman–Crippen MR) is 80.7 cm³/mol. The Bertz CT molecular complexity index is 684. The van der Waals surface area contributed by atoms with Gasteiger partial charge < -0.3 is 16.2 Å². The number of nitrogens with two attached hydrogens (primary N) is 1. The van der Waals surface area contributed by atoms with Gasteiger partial charge in [0.15, 0.2) is 0 Å². The lowest BCUT2D eigenvalue weighted by Gasteiger charge is -2.09. The number of rotatable bonds is 5. The zero-order valence-corrected chi connectivity index (χ0v) is 11.7. The van der Waals surface area contributed by atoms with Crippen molar-refractivity contribution in [3.05, 3.63) is 64.2 Å². The Kier molecular flexibility index (Phi) is 4.45. The first-order valence-electron chi connectivity index (χ1n) is 6.13. The average Bonchev–Trinajstić information content (AvgIpc) is 2.46. The summed E-state index contributed by atoms with van der Waals surface area (Å²) < 4.78 is 0. The fraction of sp³-hybridized carbons (Fsp3) is 0.0667. The first kappa shape index (κ1) is 14.9. The van der Waals surface area contributed by atoms with Crippen LogP contribution in [-0.4, -0.2) is 17.0 Å². The number of hydrogen-bond donors (Lipinski definition) is 3. The summed E-state index contributed by atoms with van der Waals surface area (Å²) >= 11 is 6.06. The van der Waals surface area contributed by atoms with Crippen molar-refractivity contribution in [2.24, 2.45) is 5.73 Å². The van der Waals surface area contributed by atoms with Gasteiger partial charge in [-0.1, -0.05) is 23.7 Å². The lowest BCUT2D eigenvalue weighted by molar-refractivity contribution is 0.0696. The van der Waals surface area contributed by atoms with Gasteiger partial charge in [-0.15, -0.1) is 0 Å². The molecule has 2 aromatic rings. The fourth-order valence-electron chi connectivity index (χ4n) is 1.77. The number of aromatic carboxylic acids is 1. The topological polar surface area (TPSA) is 92.4 Å². The van der Waals surface area contributed by atoms with Crippen LogP contribution < -0.4 is 11.1 Å². The zero-order valence-electron chi connectivity index (χ0n) is 11.0. The highest BCUT2D eigenvalue weighted by atomic mass is 35.5. The molecule has 0 heterocycles. The number of benzene rings is 2. The summed E-state index contributed by atoms with van der Waals surface area (Å²) in [4.78, 5) is 21.8. The highest BCUT2D eigenvalue weighted by molar-refractivity contribution is 6.33. The number of primary amides is 1. The summed E-state index contributed by atoms with van der Waals surface area (Å²) in [5, 5.41) is 12.3. The van der Waals surface area contributed by atoms with Crippen molar-refractivity contribution in [1.29, 1.82) is 0 Å². The van der Waals surface area contributed by atoms with Gasteiger partial charge in [-0.25, -0.2) is 4.79 Å². The van der Waals surface area contributed by atoms with E-state index in [9.17, 15) is 9.59 Å². The molecule has 0 aliphatic carbocycles. The van der Waals surface area contributed by atoms with Gasteiger partial charge in [-0.05, 0) is 35.9 Å². The van der Waals surface area contributed by atoms with Crippen LogP contribution in [0.5, 0.6) is 0 Å². The summed E-state index contributed by atoms with van der Waals surface area (Å²) in [6.07, 6.45) is 0. The molecule has 0 spiro atoms. The molecule has 0 saturated carbocycles. The van der Waals surface area contributed by atoms with Crippen LogP contribution >= 0.6 is 11.6 Å². The van der Waals surface area contributed by atoms with Crippen molar-refractivity contribution < 1.29 is 14.7 Å². The van der Waals surface area contributed by atoms with E-state index in [1.54, 1.807) is 24.3 Å². The van der Waals surface area contributed by atoms with Crippen molar-refractivity contribution >= 4 is 29.2 Å². The molecule has 0 aliphatic heterocycles. The Morgan fingerprint density at radius 3 is 2.24 bits per heavy atom. The van der Waals surface area contributed by atoms with Gasteiger partial charge in [0.2, 0.25) is 5.91 Å². The first-order valence-corrected chi connectivity index (χ1v) is 6.50. The lowest BCUT2D eigenvalue weighted by atomic mass is 10.1. The number of nitrogens with one attached hydrogen (secondary N) is 1. The van der Waals surface area contributed by atoms with Crippen molar-refractivity contribution in [3.63, 3.8) is 0 Å². The van der Waals surface area contributed by atoms with Crippen molar-refractivity contribution in [3.8, 4) is 0 Å². The zero-order chi connectivity index (χ0) is 15.4. The highest BCUT2D eigenvalue weighted by Crippen LogP contribution is 2.23. The molecule has 0 bridgehead atoms. The van der Waals surface area contributed by atoms with Crippen molar-refractivity contribution in [1.82, 2.24) is 0 Å². The number of amides is 1. The number of carboxylic acids is 1. The SMILES string of the molecule is NC(=O)c1ccc(NCc2ccc(C(=O)O)cc2)c(Cl)c1. The number of carbonyl (C=O) groups excluding carboxylic acids is 1. The summed E-state index contributed by atoms with van der Waals surface area (Å²) in [5.41, 5.74) is 7.34. The largest absolute Gasteiger partial charge is 0.478 e. The molecule has 1 amide bonds. The standard InChI is InChI=1S/C15H13ClN2O3/c16-12-7-11(14(17)19)5-6-13(12)18-8-9-1-3-10(4-2-9)15(20)21/h1-7,18H,8H2,(H2,17,19)(H,20,21). The molecule has 21 heavy (non-hydrogen) atoms. The van der Waals surface area contributed by atoms with Gasteiger partial charge in [-0.3, -0.25) is 4.79 Å². The molecule has 0 unspecified atom stereocenters. The number of carboxylic acid groups (broad SMARTS) is 1. The molecule has 5 nitrogen and oxygen atoms in total. The molecular formula is C15H13ClN2O3. The number of carbonyl (C=O) groups is 2. The van der Waals surface area contributed by atoms with Crippen molar-refractivity contribution in [2.45, 2.75) is 6.54 Å². The van der Waals surface area contributed by atoms with Gasteiger partial charge in [0.1, 0.15) is 0 Å². The number of halogens is 1. The van der Waals surface area contributed by atoms with E-state index in [2.05, 4.69) is 5.32 Å². The van der Waals surface area contributed by atoms with Crippen LogP contribution in [0.4, 0.5) is 5.69 Å². The smallest absolute Gasteiger partial charge is 0.335 e. The van der Waals surface area contributed by atoms with Gasteiger partial charge in [0, 0.05) is 12.1 Å². The van der Waals surface area contributed by atoms with Crippen LogP contribution in [0.1, 0.15) is 26.3 Å². The molecule has 0 radical (unpaired) electrons. The van der Waals surface area contributed by atoms with E-state index < -0.39 is 11.9 Å². The number of hydrogen-bond acceptors (Lipinski definition) is 3. The van der Waals surface area contributed by atoms with E-state index in [4.69, 9.17) is 22.4 Å². The van der Waals surface area contributed by atoms with Gasteiger partial charge in [-0.2, -0.15) is 0 Å². The van der Waals surface area contributed by atoms with Gasteiger partial charge in [0.05, 0.1) is 16.3 Å². The van der Waals surface area contributed by atoms with E-state index in [-0.39, 0.29) is 5.56 Å². The fourth-order valence-corrected chi connectivity index (χ4v) is 2.02. The molecule has 0 saturated heterocycles. The minimum atomic E-state index is -0.959. The van der Waals surface area contributed by atoms with Crippen LogP contribution in [0.2, 0.25) is 5.02 Å². The third-order valence-electron chi connectivity index (χ3n) is 2.94. The molecule has 4 N–H and O–H groups in total. The quantitative estimate of drug-likeness (QED) is 0.792. The second-order valence-corrected chi connectivity index (χ2v) is 4.82. The predicted octanol–water partition coefficient (Wildman–Crippen LogP) is 2.75. The van der Waals surface area contributed by atoms with Crippen LogP contribution in [0.15, 0.2) is 42.5 Å². The lowest BCUT2D eigenvalue weighted by Crippen LogP contribution is -2.11. The third kappa shape index (κ3) is 3.73. The molecule has 0 aromatic heterocycles. The van der Waals surface area contributed by atoms with Crippen LogP contribution in [0.3, 0.4) is 0 Å². The summed E-state index contributed by atoms with van der Waals surface area (Å²) in [7, 11) is 0. The van der Waals surface area contributed by atoms with E-state index in [0.717, 1.165) is 5.56 Å². The highest BCUT2D eigenvalue weighted by Gasteiger charge is 2.06. The Balaban J connectivity index is 2.06. The maximum atomic E-state index is 11.0. The van der Waals surface area contributed by atoms with Crippen LogP contribution in [-0.2, 0) is 6.54 Å². The normalized spacial score (nSPS) is 10.1. The second kappa shape index (κ2) is 6.28. The summed E-state index contributed by atoms with van der Waals surface area (Å²) in [5.74, 6) is -1.49. The van der Waals surface area contributed by atoms with Gasteiger partial charge >= 0.3 is 5.97 Å². The second-order valence-electron chi connectivity index (χ2n) is 4.41. The Morgan fingerprint density at radius 2 is 1.71 bits per heavy atom. The minimum Gasteiger partial charge on any atom is -0.478 e. The minimum absolute atomic E-state index is 0.239. The molecule has 0 aliphatic rings. The maximum Gasteiger partial charge on any atom is 0.335 e. The molecule has 0 atom stereocenters. The summed E-state index contributed by atoms with van der Waals surface area (Å²) in [6.45, 7) is 0.482. The van der Waals surface area contributed by atoms with Crippen LogP contribution in [0, 0.1) is 0 Å². The van der Waals surface area contributed by atoms with E-state index in [0.29, 0.717) is 22.8 Å². The monoisotopic (exact) mass is 304 g/mol. The Morgan fingerprint density at radius 1 is 1.10 bits per heavy atom.